The third kappa shape index (κ3) is 5.25. The van der Waals surface area contributed by atoms with E-state index in [2.05, 4.69) is 0 Å². The molecule has 1 aliphatic rings. The minimum Gasteiger partial charge on any atom is -0.445 e. The molecule has 5 heteroatoms. The number of amides is 1. The van der Waals surface area contributed by atoms with Crippen LogP contribution in [0, 0.1) is 6.92 Å². The first-order chi connectivity index (χ1) is 10.2. The zero-order chi connectivity index (χ0) is 15.1. The van der Waals surface area contributed by atoms with E-state index >= 15 is 0 Å². The average molecular weight is 309 g/mol. The number of hydrogen-bond donors (Lipinski definition) is 1. The Morgan fingerprint density at radius 1 is 1.52 bits per heavy atom. The van der Waals surface area contributed by atoms with Crippen molar-refractivity contribution in [3.8, 4) is 0 Å². The number of carbonyl (C=O) groups excluding carboxylic acids is 1. The fourth-order valence-corrected chi connectivity index (χ4v) is 3.57. The highest BCUT2D eigenvalue weighted by Gasteiger charge is 2.27. The highest BCUT2D eigenvalue weighted by Crippen LogP contribution is 2.23. The SMILES string of the molecule is Cc1cccc(COC(=O)N2CCC(SCCCO)C2)c1. The largest absolute Gasteiger partial charge is 0.445 e. The number of aliphatic hydroxyl groups excluding tert-OH is 1. The number of ether oxygens (including phenoxy) is 1. The lowest BCUT2D eigenvalue weighted by Gasteiger charge is -2.16. The molecule has 21 heavy (non-hydrogen) atoms. The van der Waals surface area contributed by atoms with Crippen LogP contribution in [0.25, 0.3) is 0 Å². The molecule has 0 bridgehead atoms. The maximum absolute atomic E-state index is 12.0. The van der Waals surface area contributed by atoms with Gasteiger partial charge in [-0.3, -0.25) is 0 Å². The monoisotopic (exact) mass is 309 g/mol. The quantitative estimate of drug-likeness (QED) is 0.821. The summed E-state index contributed by atoms with van der Waals surface area (Å²) in [6.07, 6.45) is 1.61. The number of rotatable bonds is 6. The predicted molar refractivity (Wildman–Crippen MR) is 85.5 cm³/mol. The zero-order valence-corrected chi connectivity index (χ0v) is 13.3. The molecule has 1 fully saturated rings. The van der Waals surface area contributed by atoms with Gasteiger partial charge in [-0.1, -0.05) is 29.8 Å². The van der Waals surface area contributed by atoms with Gasteiger partial charge in [0.1, 0.15) is 6.61 Å². The van der Waals surface area contributed by atoms with Crippen LogP contribution in [0.1, 0.15) is 24.0 Å². The second-order valence-electron chi connectivity index (χ2n) is 5.35. The number of likely N-dealkylation sites (tertiary alicyclic amines) is 1. The number of nitrogens with zero attached hydrogens (tertiary/aromatic N) is 1. The van der Waals surface area contributed by atoms with Gasteiger partial charge in [0.25, 0.3) is 0 Å². The van der Waals surface area contributed by atoms with E-state index in [1.807, 2.05) is 43.0 Å². The molecular weight excluding hydrogens is 286 g/mol. The van der Waals surface area contributed by atoms with Crippen LogP contribution in [0.2, 0.25) is 0 Å². The standard InChI is InChI=1S/C16H23NO3S/c1-13-4-2-5-14(10-13)12-20-16(19)17-7-6-15(11-17)21-9-3-8-18/h2,4-5,10,15,18H,3,6-9,11-12H2,1H3. The fourth-order valence-electron chi connectivity index (χ4n) is 2.38. The third-order valence-corrected chi connectivity index (χ3v) is 4.88. The summed E-state index contributed by atoms with van der Waals surface area (Å²) in [4.78, 5) is 13.8. The molecule has 1 N–H and O–H groups in total. The molecule has 0 aliphatic carbocycles. The predicted octanol–water partition coefficient (Wildman–Crippen LogP) is 2.82. The first kappa shape index (κ1) is 16.2. The number of thioether (sulfide) groups is 1. The highest BCUT2D eigenvalue weighted by molar-refractivity contribution is 7.99. The minimum absolute atomic E-state index is 0.221. The van der Waals surface area contributed by atoms with Crippen LogP contribution in [0.4, 0.5) is 4.79 Å². The Hall–Kier alpha value is -1.20. The summed E-state index contributed by atoms with van der Waals surface area (Å²) in [5.74, 6) is 0.952. The topological polar surface area (TPSA) is 49.8 Å². The summed E-state index contributed by atoms with van der Waals surface area (Å²) in [6.45, 7) is 4.12. The maximum Gasteiger partial charge on any atom is 0.410 e. The first-order valence-corrected chi connectivity index (χ1v) is 8.43. The Labute approximate surface area is 130 Å². The molecule has 116 valence electrons. The molecule has 1 heterocycles. The van der Waals surface area contributed by atoms with Crippen molar-refractivity contribution in [2.45, 2.75) is 31.6 Å². The summed E-state index contributed by atoms with van der Waals surface area (Å²) < 4.78 is 5.38. The third-order valence-electron chi connectivity index (χ3n) is 3.50. The number of carbonyl (C=O) groups is 1. The van der Waals surface area contributed by atoms with Crippen LogP contribution in [0.3, 0.4) is 0 Å². The molecule has 1 unspecified atom stereocenters. The van der Waals surface area contributed by atoms with E-state index in [4.69, 9.17) is 9.84 Å². The van der Waals surface area contributed by atoms with Gasteiger partial charge in [-0.25, -0.2) is 4.79 Å². The van der Waals surface area contributed by atoms with Crippen molar-refractivity contribution in [3.05, 3.63) is 35.4 Å². The van der Waals surface area contributed by atoms with Crippen LogP contribution >= 0.6 is 11.8 Å². The number of aliphatic hydroxyl groups is 1. The summed E-state index contributed by atoms with van der Waals surface area (Å²) in [6, 6.07) is 8.00. The molecule has 0 aromatic heterocycles. The average Bonchev–Trinajstić information content (AvgIpc) is 2.94. The molecule has 1 aromatic rings. The molecule has 1 aromatic carbocycles. The van der Waals surface area contributed by atoms with Crippen molar-refractivity contribution in [2.24, 2.45) is 0 Å². The number of hydrogen-bond acceptors (Lipinski definition) is 4. The fraction of sp³-hybridized carbons (Fsp3) is 0.562. The van der Waals surface area contributed by atoms with Crippen LogP contribution in [-0.4, -0.2) is 46.8 Å². The summed E-state index contributed by atoms with van der Waals surface area (Å²) >= 11 is 1.84. The molecule has 2 rings (SSSR count). The molecule has 1 atom stereocenters. The maximum atomic E-state index is 12.0. The lowest BCUT2D eigenvalue weighted by atomic mass is 10.1. The van der Waals surface area contributed by atoms with E-state index in [-0.39, 0.29) is 12.7 Å². The molecule has 1 amide bonds. The van der Waals surface area contributed by atoms with Crippen molar-refractivity contribution in [3.63, 3.8) is 0 Å². The zero-order valence-electron chi connectivity index (χ0n) is 12.5. The van der Waals surface area contributed by atoms with Gasteiger partial charge in [-0.2, -0.15) is 11.8 Å². The van der Waals surface area contributed by atoms with Crippen molar-refractivity contribution >= 4 is 17.9 Å². The molecular formula is C16H23NO3S. The summed E-state index contributed by atoms with van der Waals surface area (Å²) in [7, 11) is 0. The first-order valence-electron chi connectivity index (χ1n) is 7.39. The lowest BCUT2D eigenvalue weighted by Crippen LogP contribution is -2.29. The smallest absolute Gasteiger partial charge is 0.410 e. The second kappa shape index (κ2) is 8.29. The van der Waals surface area contributed by atoms with Crippen molar-refractivity contribution < 1.29 is 14.6 Å². The van der Waals surface area contributed by atoms with Crippen LogP contribution in [0.15, 0.2) is 24.3 Å². The van der Waals surface area contributed by atoms with E-state index in [9.17, 15) is 4.79 Å². The van der Waals surface area contributed by atoms with Crippen LogP contribution in [-0.2, 0) is 11.3 Å². The summed E-state index contributed by atoms with van der Waals surface area (Å²) in [5, 5.41) is 9.26. The normalized spacial score (nSPS) is 18.0. The van der Waals surface area contributed by atoms with Gasteiger partial charge in [-0.05, 0) is 31.1 Å². The molecule has 0 spiro atoms. The van der Waals surface area contributed by atoms with Gasteiger partial charge in [-0.15, -0.1) is 0 Å². The number of aryl methyl sites for hydroxylation is 1. The lowest BCUT2D eigenvalue weighted by molar-refractivity contribution is 0.104. The molecule has 0 radical (unpaired) electrons. The second-order valence-corrected chi connectivity index (χ2v) is 6.76. The van der Waals surface area contributed by atoms with E-state index < -0.39 is 0 Å². The minimum atomic E-state index is -0.221. The van der Waals surface area contributed by atoms with Crippen LogP contribution < -0.4 is 0 Å². The Morgan fingerprint density at radius 3 is 3.14 bits per heavy atom. The highest BCUT2D eigenvalue weighted by atomic mass is 32.2. The Balaban J connectivity index is 1.72. The van der Waals surface area contributed by atoms with E-state index in [1.165, 1.54) is 5.56 Å². The van der Waals surface area contributed by atoms with Crippen LogP contribution in [0.5, 0.6) is 0 Å². The summed E-state index contributed by atoms with van der Waals surface area (Å²) in [5.41, 5.74) is 2.20. The van der Waals surface area contributed by atoms with Gasteiger partial charge in [0.15, 0.2) is 0 Å². The van der Waals surface area contributed by atoms with Gasteiger partial charge >= 0.3 is 6.09 Å². The van der Waals surface area contributed by atoms with Crippen molar-refractivity contribution in [2.75, 3.05) is 25.4 Å². The van der Waals surface area contributed by atoms with E-state index in [0.29, 0.717) is 11.9 Å². The van der Waals surface area contributed by atoms with Gasteiger partial charge in [0.05, 0.1) is 0 Å². The van der Waals surface area contributed by atoms with Crippen molar-refractivity contribution in [1.82, 2.24) is 4.90 Å². The molecule has 1 saturated heterocycles. The van der Waals surface area contributed by atoms with Crippen molar-refractivity contribution in [1.29, 1.82) is 0 Å². The van der Waals surface area contributed by atoms with E-state index in [1.54, 1.807) is 4.90 Å². The Morgan fingerprint density at radius 2 is 2.38 bits per heavy atom. The van der Waals surface area contributed by atoms with E-state index in [0.717, 1.165) is 37.2 Å². The van der Waals surface area contributed by atoms with Gasteiger partial charge in [0.2, 0.25) is 0 Å². The molecule has 4 nitrogen and oxygen atoms in total. The molecule has 0 saturated carbocycles. The Kier molecular flexibility index (Phi) is 6.39. The Bertz CT molecular complexity index is 467. The van der Waals surface area contributed by atoms with Gasteiger partial charge < -0.3 is 14.7 Å². The molecule has 1 aliphatic heterocycles. The van der Waals surface area contributed by atoms with Gasteiger partial charge in [0, 0.05) is 24.9 Å². The number of benzene rings is 1.